The van der Waals surface area contributed by atoms with Crippen LogP contribution in [0, 0.1) is 22.7 Å². The molecule has 0 atom stereocenters. The summed E-state index contributed by atoms with van der Waals surface area (Å²) in [7, 11) is 0. The number of halogens is 1. The fourth-order valence-electron chi connectivity index (χ4n) is 1.95. The first-order valence-corrected chi connectivity index (χ1v) is 7.40. The molecular formula is C18H13ClN4O. The first-order valence-electron chi connectivity index (χ1n) is 7.02. The number of nitriles is 2. The number of hydrogen-bond donors (Lipinski definition) is 2. The standard InChI is InChI=1S/C18H13ClN4O/c19-16-6-3-4-13(8-16)11-22-12-15(10-21)18(24)23-17-7-2-1-5-14(17)9-20/h1-8,12,22H,11H2,(H,23,24)/b15-12-. The predicted octanol–water partition coefficient (Wildman–Crippen LogP) is 3.35. The van der Waals surface area contributed by atoms with Gasteiger partial charge in [0.15, 0.2) is 0 Å². The second kappa shape index (κ2) is 8.38. The number of benzene rings is 2. The van der Waals surface area contributed by atoms with Crippen LogP contribution in [0.25, 0.3) is 0 Å². The van der Waals surface area contributed by atoms with Gasteiger partial charge in [0, 0.05) is 17.8 Å². The molecule has 0 aromatic heterocycles. The first kappa shape index (κ1) is 17.1. The zero-order chi connectivity index (χ0) is 17.4. The third-order valence-electron chi connectivity index (χ3n) is 3.10. The van der Waals surface area contributed by atoms with Crippen molar-refractivity contribution in [2.24, 2.45) is 0 Å². The number of nitrogens with one attached hydrogen (secondary N) is 2. The van der Waals surface area contributed by atoms with Crippen molar-refractivity contribution in [1.82, 2.24) is 5.32 Å². The van der Waals surface area contributed by atoms with Crippen LogP contribution >= 0.6 is 11.6 Å². The molecule has 0 bridgehead atoms. The van der Waals surface area contributed by atoms with E-state index in [-0.39, 0.29) is 5.57 Å². The zero-order valence-electron chi connectivity index (χ0n) is 12.6. The molecule has 0 heterocycles. The van der Waals surface area contributed by atoms with E-state index in [1.807, 2.05) is 24.3 Å². The largest absolute Gasteiger partial charge is 0.386 e. The molecule has 2 aromatic carbocycles. The van der Waals surface area contributed by atoms with E-state index in [0.29, 0.717) is 22.8 Å². The molecule has 118 valence electrons. The first-order chi connectivity index (χ1) is 11.6. The second-order valence-electron chi connectivity index (χ2n) is 4.79. The summed E-state index contributed by atoms with van der Waals surface area (Å²) in [6.07, 6.45) is 1.34. The Morgan fingerprint density at radius 3 is 2.67 bits per heavy atom. The Balaban J connectivity index is 2.03. The summed E-state index contributed by atoms with van der Waals surface area (Å²) >= 11 is 5.90. The molecule has 0 aliphatic carbocycles. The molecule has 0 radical (unpaired) electrons. The van der Waals surface area contributed by atoms with E-state index in [0.717, 1.165) is 5.56 Å². The molecule has 24 heavy (non-hydrogen) atoms. The molecule has 2 aromatic rings. The molecule has 6 heteroatoms. The van der Waals surface area contributed by atoms with Crippen LogP contribution in [-0.4, -0.2) is 5.91 Å². The van der Waals surface area contributed by atoms with Gasteiger partial charge >= 0.3 is 0 Å². The van der Waals surface area contributed by atoms with Crippen LogP contribution in [0.3, 0.4) is 0 Å². The Hall–Kier alpha value is -3.28. The second-order valence-corrected chi connectivity index (χ2v) is 5.23. The van der Waals surface area contributed by atoms with Crippen molar-refractivity contribution in [1.29, 1.82) is 10.5 Å². The van der Waals surface area contributed by atoms with E-state index in [1.165, 1.54) is 6.20 Å². The molecular weight excluding hydrogens is 324 g/mol. The van der Waals surface area contributed by atoms with Crippen LogP contribution in [0.5, 0.6) is 0 Å². The lowest BCUT2D eigenvalue weighted by Crippen LogP contribution is -2.17. The normalized spacial score (nSPS) is 10.4. The van der Waals surface area contributed by atoms with Gasteiger partial charge in [-0.2, -0.15) is 10.5 Å². The highest BCUT2D eigenvalue weighted by Gasteiger charge is 2.11. The van der Waals surface area contributed by atoms with Crippen LogP contribution in [0.15, 0.2) is 60.3 Å². The van der Waals surface area contributed by atoms with Crippen LogP contribution < -0.4 is 10.6 Å². The van der Waals surface area contributed by atoms with E-state index in [9.17, 15) is 4.79 Å². The van der Waals surface area contributed by atoms with Gasteiger partial charge in [-0.05, 0) is 29.8 Å². The summed E-state index contributed by atoms with van der Waals surface area (Å²) < 4.78 is 0. The van der Waals surface area contributed by atoms with Crippen molar-refractivity contribution in [2.45, 2.75) is 6.54 Å². The Morgan fingerprint density at radius 2 is 1.96 bits per heavy atom. The number of carbonyl (C=O) groups is 1. The van der Waals surface area contributed by atoms with E-state index in [1.54, 1.807) is 36.4 Å². The van der Waals surface area contributed by atoms with Gasteiger partial charge in [0.25, 0.3) is 5.91 Å². The van der Waals surface area contributed by atoms with Gasteiger partial charge in [-0.3, -0.25) is 4.79 Å². The minimum Gasteiger partial charge on any atom is -0.386 e. The van der Waals surface area contributed by atoms with Gasteiger partial charge in [0.2, 0.25) is 0 Å². The van der Waals surface area contributed by atoms with Crippen molar-refractivity contribution in [3.63, 3.8) is 0 Å². The highest BCUT2D eigenvalue weighted by atomic mass is 35.5. The fourth-order valence-corrected chi connectivity index (χ4v) is 2.16. The van der Waals surface area contributed by atoms with Crippen molar-refractivity contribution in [2.75, 3.05) is 5.32 Å². The zero-order valence-corrected chi connectivity index (χ0v) is 13.3. The number of rotatable bonds is 5. The van der Waals surface area contributed by atoms with Gasteiger partial charge in [-0.1, -0.05) is 35.9 Å². The third kappa shape index (κ3) is 4.61. The molecule has 0 spiro atoms. The summed E-state index contributed by atoms with van der Waals surface area (Å²) in [5, 5.41) is 24.2. The molecule has 1 amide bonds. The van der Waals surface area contributed by atoms with Gasteiger partial charge in [-0.15, -0.1) is 0 Å². The summed E-state index contributed by atoms with van der Waals surface area (Å²) in [4.78, 5) is 12.1. The van der Waals surface area contributed by atoms with Crippen molar-refractivity contribution >= 4 is 23.2 Å². The smallest absolute Gasteiger partial charge is 0.267 e. The number of anilines is 1. The van der Waals surface area contributed by atoms with Crippen molar-refractivity contribution < 1.29 is 4.79 Å². The summed E-state index contributed by atoms with van der Waals surface area (Å²) in [5.74, 6) is -0.584. The lowest BCUT2D eigenvalue weighted by molar-refractivity contribution is -0.112. The summed E-state index contributed by atoms with van der Waals surface area (Å²) in [6.45, 7) is 0.424. The molecule has 2 rings (SSSR count). The molecule has 2 N–H and O–H groups in total. The van der Waals surface area contributed by atoms with Crippen molar-refractivity contribution in [3.8, 4) is 12.1 Å². The monoisotopic (exact) mass is 336 g/mol. The number of carbonyl (C=O) groups excluding carboxylic acids is 1. The highest BCUT2D eigenvalue weighted by molar-refractivity contribution is 6.30. The topological polar surface area (TPSA) is 88.7 Å². The third-order valence-corrected chi connectivity index (χ3v) is 3.34. The number of amides is 1. The highest BCUT2D eigenvalue weighted by Crippen LogP contribution is 2.14. The molecule has 0 aliphatic heterocycles. The SMILES string of the molecule is N#C/C(=C/NCc1cccc(Cl)c1)C(=O)Nc1ccccc1C#N. The van der Waals surface area contributed by atoms with Crippen molar-refractivity contribution in [3.05, 3.63) is 76.5 Å². The Morgan fingerprint density at radius 1 is 1.17 bits per heavy atom. The number of nitrogens with zero attached hydrogens (tertiary/aromatic N) is 2. The van der Waals surface area contributed by atoms with Crippen LogP contribution in [0.4, 0.5) is 5.69 Å². The number of hydrogen-bond acceptors (Lipinski definition) is 4. The lowest BCUT2D eigenvalue weighted by atomic mass is 10.2. The maximum Gasteiger partial charge on any atom is 0.267 e. The summed E-state index contributed by atoms with van der Waals surface area (Å²) in [6, 6.07) is 17.7. The van der Waals surface area contributed by atoms with Gasteiger partial charge in [0.1, 0.15) is 17.7 Å². The Bertz CT molecular complexity index is 862. The van der Waals surface area contributed by atoms with E-state index < -0.39 is 5.91 Å². The predicted molar refractivity (Wildman–Crippen MR) is 91.8 cm³/mol. The fraction of sp³-hybridized carbons (Fsp3) is 0.0556. The maximum atomic E-state index is 12.1. The van der Waals surface area contributed by atoms with Gasteiger partial charge < -0.3 is 10.6 Å². The maximum absolute atomic E-state index is 12.1. The molecule has 5 nitrogen and oxygen atoms in total. The quantitative estimate of drug-likeness (QED) is 0.647. The van der Waals surface area contributed by atoms with E-state index in [2.05, 4.69) is 10.6 Å². The average Bonchev–Trinajstić information content (AvgIpc) is 2.59. The van der Waals surface area contributed by atoms with Crippen LogP contribution in [0.1, 0.15) is 11.1 Å². The molecule has 0 saturated heterocycles. The average molecular weight is 337 g/mol. The molecule has 0 aliphatic rings. The van der Waals surface area contributed by atoms with Crippen LogP contribution in [0.2, 0.25) is 5.02 Å². The molecule has 0 unspecified atom stereocenters. The number of para-hydroxylation sites is 1. The Kier molecular flexibility index (Phi) is 5.96. The summed E-state index contributed by atoms with van der Waals surface area (Å²) in [5.41, 5.74) is 1.52. The minimum atomic E-state index is -0.584. The van der Waals surface area contributed by atoms with E-state index >= 15 is 0 Å². The van der Waals surface area contributed by atoms with Crippen LogP contribution in [-0.2, 0) is 11.3 Å². The minimum absolute atomic E-state index is 0.0928. The van der Waals surface area contributed by atoms with E-state index in [4.69, 9.17) is 22.1 Å². The lowest BCUT2D eigenvalue weighted by Gasteiger charge is -2.06. The van der Waals surface area contributed by atoms with Gasteiger partial charge in [0.05, 0.1) is 11.3 Å². The Labute approximate surface area is 144 Å². The molecule has 0 saturated carbocycles. The molecule has 0 fully saturated rings. The van der Waals surface area contributed by atoms with Gasteiger partial charge in [-0.25, -0.2) is 0 Å².